The van der Waals surface area contributed by atoms with Crippen LogP contribution in [0, 0.1) is 11.3 Å². The molecule has 0 amide bonds. The molecule has 2 aromatic heterocycles. The minimum absolute atomic E-state index is 0.203. The van der Waals surface area contributed by atoms with Crippen LogP contribution in [0.1, 0.15) is 11.5 Å². The molecule has 0 fully saturated rings. The number of aryl methyl sites for hydroxylation is 1. The third-order valence-corrected chi connectivity index (χ3v) is 2.49. The molecule has 0 aliphatic carbocycles. The van der Waals surface area contributed by atoms with Crippen molar-refractivity contribution in [3.8, 4) is 6.07 Å². The van der Waals surface area contributed by atoms with Crippen LogP contribution in [0.4, 0.5) is 5.82 Å². The molecule has 2 aromatic rings. The van der Waals surface area contributed by atoms with Crippen molar-refractivity contribution >= 4 is 17.4 Å². The molecule has 0 aliphatic heterocycles. The molecule has 0 spiro atoms. The first-order valence-corrected chi connectivity index (χ1v) is 5.22. The summed E-state index contributed by atoms with van der Waals surface area (Å²) in [5, 5.41) is 19.9. The number of pyridine rings is 1. The summed E-state index contributed by atoms with van der Waals surface area (Å²) in [7, 11) is 1.85. The number of anilines is 1. The second-order valence-electron chi connectivity index (χ2n) is 3.35. The van der Waals surface area contributed by atoms with Crippen LogP contribution >= 0.6 is 11.6 Å². The van der Waals surface area contributed by atoms with Gasteiger partial charge in [-0.25, -0.2) is 4.98 Å². The zero-order chi connectivity index (χ0) is 12.3. The molecule has 0 aliphatic rings. The van der Waals surface area contributed by atoms with Gasteiger partial charge in [0.05, 0.1) is 11.6 Å². The Balaban J connectivity index is 2.10. The number of nitrogens with zero attached hydrogens (tertiary/aromatic N) is 5. The van der Waals surface area contributed by atoms with Crippen molar-refractivity contribution in [2.24, 2.45) is 7.05 Å². The molecule has 6 nitrogen and oxygen atoms in total. The van der Waals surface area contributed by atoms with Gasteiger partial charge in [-0.1, -0.05) is 11.6 Å². The summed E-state index contributed by atoms with van der Waals surface area (Å²) in [5.41, 5.74) is 0.203. The summed E-state index contributed by atoms with van der Waals surface area (Å²) in [6.45, 7) is 0.482. The van der Waals surface area contributed by atoms with Crippen molar-refractivity contribution in [2.45, 2.75) is 6.54 Å². The van der Waals surface area contributed by atoms with Crippen LogP contribution in [0.3, 0.4) is 0 Å². The molecule has 0 bridgehead atoms. The lowest BCUT2D eigenvalue weighted by Crippen LogP contribution is -2.07. The SMILES string of the molecule is Cn1cnnc1CNc1ccc(Cl)c(C#N)n1. The molecule has 0 unspecified atom stereocenters. The molecule has 2 rings (SSSR count). The zero-order valence-corrected chi connectivity index (χ0v) is 9.81. The average Bonchev–Trinajstić information content (AvgIpc) is 2.74. The third-order valence-electron chi connectivity index (χ3n) is 2.18. The standard InChI is InChI=1S/C10H9ClN6/c1-17-6-14-16-10(17)5-13-9-3-2-7(11)8(4-12)15-9/h2-3,6H,5H2,1H3,(H,13,15). The van der Waals surface area contributed by atoms with Gasteiger partial charge in [0.15, 0.2) is 11.5 Å². The molecule has 0 saturated carbocycles. The van der Waals surface area contributed by atoms with Crippen molar-refractivity contribution in [1.82, 2.24) is 19.7 Å². The number of aromatic nitrogens is 4. The van der Waals surface area contributed by atoms with E-state index >= 15 is 0 Å². The van der Waals surface area contributed by atoms with E-state index in [1.807, 2.05) is 13.1 Å². The fourth-order valence-electron chi connectivity index (χ4n) is 1.26. The Kier molecular flexibility index (Phi) is 3.21. The van der Waals surface area contributed by atoms with Crippen molar-refractivity contribution < 1.29 is 0 Å². The van der Waals surface area contributed by atoms with Gasteiger partial charge in [-0.3, -0.25) is 0 Å². The molecule has 17 heavy (non-hydrogen) atoms. The molecule has 1 N–H and O–H groups in total. The summed E-state index contributed by atoms with van der Waals surface area (Å²) in [5.74, 6) is 1.36. The second kappa shape index (κ2) is 4.80. The van der Waals surface area contributed by atoms with Gasteiger partial charge in [0.25, 0.3) is 0 Å². The van der Waals surface area contributed by atoms with Gasteiger partial charge >= 0.3 is 0 Å². The lowest BCUT2D eigenvalue weighted by atomic mass is 10.3. The number of rotatable bonds is 3. The average molecular weight is 249 g/mol. The Morgan fingerprint density at radius 1 is 1.53 bits per heavy atom. The maximum atomic E-state index is 8.79. The van der Waals surface area contributed by atoms with Crippen molar-refractivity contribution in [2.75, 3.05) is 5.32 Å². The van der Waals surface area contributed by atoms with E-state index in [9.17, 15) is 0 Å². The topological polar surface area (TPSA) is 79.4 Å². The predicted molar refractivity (Wildman–Crippen MR) is 62.3 cm³/mol. The molecule has 0 aromatic carbocycles. The van der Waals surface area contributed by atoms with Gasteiger partial charge in [-0.2, -0.15) is 5.26 Å². The molecule has 7 heteroatoms. The first-order valence-electron chi connectivity index (χ1n) is 4.84. The summed E-state index contributed by atoms with van der Waals surface area (Å²) in [4.78, 5) is 4.06. The number of nitriles is 1. The molecule has 86 valence electrons. The van der Waals surface area contributed by atoms with Gasteiger partial charge in [0, 0.05) is 7.05 Å². The fraction of sp³-hybridized carbons (Fsp3) is 0.200. The fourth-order valence-corrected chi connectivity index (χ4v) is 1.40. The quantitative estimate of drug-likeness (QED) is 0.887. The minimum atomic E-state index is 0.203. The van der Waals surface area contributed by atoms with E-state index in [0.29, 0.717) is 17.4 Å². The third kappa shape index (κ3) is 2.52. The first kappa shape index (κ1) is 11.4. The van der Waals surface area contributed by atoms with Gasteiger partial charge < -0.3 is 9.88 Å². The summed E-state index contributed by atoms with van der Waals surface area (Å²) >= 11 is 5.78. The maximum Gasteiger partial charge on any atom is 0.161 e. The second-order valence-corrected chi connectivity index (χ2v) is 3.76. The lowest BCUT2D eigenvalue weighted by Gasteiger charge is -2.05. The van der Waals surface area contributed by atoms with E-state index in [4.69, 9.17) is 16.9 Å². The van der Waals surface area contributed by atoms with E-state index in [1.54, 1.807) is 23.0 Å². The van der Waals surface area contributed by atoms with Crippen molar-refractivity contribution in [3.05, 3.63) is 35.0 Å². The Morgan fingerprint density at radius 2 is 2.35 bits per heavy atom. The van der Waals surface area contributed by atoms with Crippen LogP contribution in [0.5, 0.6) is 0 Å². The number of halogens is 1. The van der Waals surface area contributed by atoms with Crippen molar-refractivity contribution in [3.63, 3.8) is 0 Å². The van der Waals surface area contributed by atoms with Gasteiger partial charge in [-0.05, 0) is 12.1 Å². The lowest BCUT2D eigenvalue weighted by molar-refractivity contribution is 0.810. The van der Waals surface area contributed by atoms with Crippen LogP contribution in [-0.4, -0.2) is 19.7 Å². The number of nitrogens with one attached hydrogen (secondary N) is 1. The molecule has 2 heterocycles. The Hall–Kier alpha value is -2.13. The molecule has 0 atom stereocenters. The van der Waals surface area contributed by atoms with E-state index in [1.165, 1.54) is 0 Å². The molecular weight excluding hydrogens is 240 g/mol. The highest BCUT2D eigenvalue weighted by atomic mass is 35.5. The first-order chi connectivity index (χ1) is 8.20. The summed E-state index contributed by atoms with van der Waals surface area (Å²) in [6.07, 6.45) is 1.62. The highest BCUT2D eigenvalue weighted by Gasteiger charge is 2.04. The van der Waals surface area contributed by atoms with Gasteiger partial charge in [0.1, 0.15) is 18.2 Å². The largest absolute Gasteiger partial charge is 0.363 e. The highest BCUT2D eigenvalue weighted by molar-refractivity contribution is 6.31. The Labute approximate surface area is 103 Å². The molecule has 0 saturated heterocycles. The van der Waals surface area contributed by atoms with Crippen LogP contribution in [-0.2, 0) is 13.6 Å². The Bertz CT molecular complexity index is 570. The van der Waals surface area contributed by atoms with E-state index < -0.39 is 0 Å². The van der Waals surface area contributed by atoms with E-state index in [2.05, 4.69) is 20.5 Å². The van der Waals surface area contributed by atoms with Crippen LogP contribution < -0.4 is 5.32 Å². The highest BCUT2D eigenvalue weighted by Crippen LogP contribution is 2.15. The van der Waals surface area contributed by atoms with Crippen LogP contribution in [0.25, 0.3) is 0 Å². The van der Waals surface area contributed by atoms with E-state index in [0.717, 1.165) is 5.82 Å². The van der Waals surface area contributed by atoms with Gasteiger partial charge in [0.2, 0.25) is 0 Å². The van der Waals surface area contributed by atoms with E-state index in [-0.39, 0.29) is 5.69 Å². The molecular formula is C10H9ClN6. The summed E-state index contributed by atoms with van der Waals surface area (Å²) in [6, 6.07) is 5.26. The molecule has 0 radical (unpaired) electrons. The maximum absolute atomic E-state index is 8.79. The van der Waals surface area contributed by atoms with Gasteiger partial charge in [-0.15, -0.1) is 10.2 Å². The summed E-state index contributed by atoms with van der Waals surface area (Å²) < 4.78 is 1.80. The number of hydrogen-bond donors (Lipinski definition) is 1. The minimum Gasteiger partial charge on any atom is -0.363 e. The predicted octanol–water partition coefficient (Wildman–Crippen LogP) is 1.35. The normalized spacial score (nSPS) is 9.94. The van der Waals surface area contributed by atoms with Crippen molar-refractivity contribution in [1.29, 1.82) is 5.26 Å². The smallest absolute Gasteiger partial charge is 0.161 e. The monoisotopic (exact) mass is 248 g/mol. The van der Waals surface area contributed by atoms with Crippen LogP contribution in [0.2, 0.25) is 5.02 Å². The Morgan fingerprint density at radius 3 is 3.00 bits per heavy atom. The zero-order valence-electron chi connectivity index (χ0n) is 9.05. The van der Waals surface area contributed by atoms with Crippen LogP contribution in [0.15, 0.2) is 18.5 Å². The number of hydrogen-bond acceptors (Lipinski definition) is 5.